The van der Waals surface area contributed by atoms with Crippen molar-refractivity contribution in [3.05, 3.63) is 75.2 Å². The van der Waals surface area contributed by atoms with Crippen LogP contribution >= 0.6 is 11.6 Å². The Morgan fingerprint density at radius 3 is 2.52 bits per heavy atom. The highest BCUT2D eigenvalue weighted by molar-refractivity contribution is 6.30. The molecule has 0 radical (unpaired) electrons. The van der Waals surface area contributed by atoms with Crippen LogP contribution in [0.1, 0.15) is 22.8 Å². The van der Waals surface area contributed by atoms with E-state index in [1.54, 1.807) is 33.9 Å². The molecule has 1 aliphatic rings. The van der Waals surface area contributed by atoms with E-state index in [0.717, 1.165) is 30.6 Å². The SMILES string of the molecule is CCN1CCN(C(=O)c2cc3cccnc3n(Cc3ccc(Cl)cc3)c2=O)CC1. The molecule has 0 spiro atoms. The molecule has 1 aliphatic heterocycles. The minimum atomic E-state index is -0.311. The van der Waals surface area contributed by atoms with Gasteiger partial charge in [0.05, 0.1) is 6.54 Å². The largest absolute Gasteiger partial charge is 0.336 e. The number of aromatic nitrogens is 2. The third-order valence-corrected chi connectivity index (χ3v) is 5.69. The standard InChI is InChI=1S/C22H23ClN4O2/c1-2-25-10-12-26(13-11-25)21(28)19-14-17-4-3-9-24-20(17)27(22(19)29)15-16-5-7-18(23)8-6-16/h3-9,14H,2,10-13,15H2,1H3. The minimum absolute atomic E-state index is 0.199. The van der Waals surface area contributed by atoms with Gasteiger partial charge < -0.3 is 9.80 Å². The minimum Gasteiger partial charge on any atom is -0.336 e. The third kappa shape index (κ3) is 4.04. The van der Waals surface area contributed by atoms with E-state index < -0.39 is 0 Å². The Bertz CT molecular complexity index is 1090. The summed E-state index contributed by atoms with van der Waals surface area (Å²) in [6.45, 7) is 6.34. The first-order chi connectivity index (χ1) is 14.1. The Balaban J connectivity index is 1.73. The molecule has 1 fully saturated rings. The smallest absolute Gasteiger partial charge is 0.265 e. The summed E-state index contributed by atoms with van der Waals surface area (Å²) in [7, 11) is 0. The molecule has 1 amide bonds. The zero-order valence-electron chi connectivity index (χ0n) is 16.3. The summed E-state index contributed by atoms with van der Waals surface area (Å²) in [5.41, 5.74) is 1.38. The normalized spacial score (nSPS) is 15.0. The van der Waals surface area contributed by atoms with Crippen LogP contribution in [-0.4, -0.2) is 58.0 Å². The van der Waals surface area contributed by atoms with E-state index >= 15 is 0 Å². The number of carbonyl (C=O) groups excluding carboxylic acids is 1. The summed E-state index contributed by atoms with van der Waals surface area (Å²) in [5.74, 6) is -0.207. The third-order valence-electron chi connectivity index (χ3n) is 5.44. The first kappa shape index (κ1) is 19.6. The van der Waals surface area contributed by atoms with Crippen LogP contribution in [0, 0.1) is 0 Å². The number of halogens is 1. The van der Waals surface area contributed by atoms with Crippen LogP contribution < -0.4 is 5.56 Å². The number of nitrogens with zero attached hydrogens (tertiary/aromatic N) is 4. The van der Waals surface area contributed by atoms with Gasteiger partial charge in [-0.25, -0.2) is 4.98 Å². The lowest BCUT2D eigenvalue weighted by Gasteiger charge is -2.34. The number of carbonyl (C=O) groups is 1. The molecule has 2 aromatic heterocycles. The molecular formula is C22H23ClN4O2. The maximum atomic E-state index is 13.3. The van der Waals surface area contributed by atoms with Gasteiger partial charge in [-0.15, -0.1) is 0 Å². The molecule has 6 nitrogen and oxygen atoms in total. The van der Waals surface area contributed by atoms with E-state index in [-0.39, 0.29) is 17.0 Å². The summed E-state index contributed by atoms with van der Waals surface area (Å²) < 4.78 is 1.58. The van der Waals surface area contributed by atoms with Crippen molar-refractivity contribution in [2.75, 3.05) is 32.7 Å². The van der Waals surface area contributed by atoms with Gasteiger partial charge in [0.2, 0.25) is 0 Å². The van der Waals surface area contributed by atoms with E-state index in [1.807, 2.05) is 24.3 Å². The van der Waals surface area contributed by atoms with Crippen LogP contribution in [0.5, 0.6) is 0 Å². The number of piperazine rings is 1. The molecule has 0 saturated carbocycles. The Morgan fingerprint density at radius 1 is 1.10 bits per heavy atom. The van der Waals surface area contributed by atoms with E-state index in [2.05, 4.69) is 16.8 Å². The lowest BCUT2D eigenvalue weighted by Crippen LogP contribution is -2.49. The van der Waals surface area contributed by atoms with Crippen LogP contribution in [0.4, 0.5) is 0 Å². The summed E-state index contributed by atoms with van der Waals surface area (Å²) >= 11 is 5.98. The number of benzene rings is 1. The van der Waals surface area contributed by atoms with Gasteiger partial charge in [0, 0.05) is 42.8 Å². The second-order valence-electron chi connectivity index (χ2n) is 7.22. The zero-order valence-corrected chi connectivity index (χ0v) is 17.1. The van der Waals surface area contributed by atoms with Crippen molar-refractivity contribution in [3.8, 4) is 0 Å². The monoisotopic (exact) mass is 410 g/mol. The molecule has 7 heteroatoms. The van der Waals surface area contributed by atoms with Gasteiger partial charge in [-0.1, -0.05) is 30.7 Å². The first-order valence-electron chi connectivity index (χ1n) is 9.81. The number of hydrogen-bond donors (Lipinski definition) is 0. The van der Waals surface area contributed by atoms with Gasteiger partial charge >= 0.3 is 0 Å². The average Bonchev–Trinajstić information content (AvgIpc) is 2.76. The molecule has 3 heterocycles. The molecule has 0 atom stereocenters. The molecule has 3 aromatic rings. The number of amides is 1. The van der Waals surface area contributed by atoms with E-state index in [4.69, 9.17) is 11.6 Å². The van der Waals surface area contributed by atoms with Gasteiger partial charge in [0.15, 0.2) is 0 Å². The van der Waals surface area contributed by atoms with Crippen molar-refractivity contribution in [3.63, 3.8) is 0 Å². The topological polar surface area (TPSA) is 58.4 Å². The van der Waals surface area contributed by atoms with Crippen LogP contribution in [0.25, 0.3) is 11.0 Å². The molecular weight excluding hydrogens is 388 g/mol. The molecule has 1 aromatic carbocycles. The Hall–Kier alpha value is -2.70. The second-order valence-corrected chi connectivity index (χ2v) is 7.65. The first-order valence-corrected chi connectivity index (χ1v) is 10.2. The molecule has 1 saturated heterocycles. The van der Waals surface area contributed by atoms with Gasteiger partial charge in [-0.05, 0) is 42.4 Å². The van der Waals surface area contributed by atoms with Gasteiger partial charge in [0.1, 0.15) is 11.2 Å². The summed E-state index contributed by atoms with van der Waals surface area (Å²) in [6.07, 6.45) is 1.66. The average molecular weight is 411 g/mol. The Morgan fingerprint density at radius 2 is 1.83 bits per heavy atom. The van der Waals surface area contributed by atoms with E-state index in [9.17, 15) is 9.59 Å². The van der Waals surface area contributed by atoms with Crippen LogP contribution in [0.3, 0.4) is 0 Å². The molecule has 0 aliphatic carbocycles. The van der Waals surface area contributed by atoms with Crippen molar-refractivity contribution in [2.45, 2.75) is 13.5 Å². The fourth-order valence-electron chi connectivity index (χ4n) is 3.72. The molecule has 29 heavy (non-hydrogen) atoms. The maximum Gasteiger partial charge on any atom is 0.265 e. The number of likely N-dealkylation sites (N-methyl/N-ethyl adjacent to an activating group) is 1. The number of rotatable bonds is 4. The highest BCUT2D eigenvalue weighted by Crippen LogP contribution is 2.16. The van der Waals surface area contributed by atoms with Gasteiger partial charge in [-0.2, -0.15) is 0 Å². The van der Waals surface area contributed by atoms with Crippen molar-refractivity contribution in [1.29, 1.82) is 0 Å². The molecule has 0 unspecified atom stereocenters. The fourth-order valence-corrected chi connectivity index (χ4v) is 3.84. The predicted octanol–water partition coefficient (Wildman–Crippen LogP) is 2.88. The molecule has 0 bridgehead atoms. The predicted molar refractivity (Wildman–Crippen MR) is 115 cm³/mol. The Kier molecular flexibility index (Phi) is 5.65. The molecule has 0 N–H and O–H groups in total. The number of pyridine rings is 2. The number of hydrogen-bond acceptors (Lipinski definition) is 4. The van der Waals surface area contributed by atoms with Crippen molar-refractivity contribution < 1.29 is 4.79 Å². The zero-order chi connectivity index (χ0) is 20.4. The summed E-state index contributed by atoms with van der Waals surface area (Å²) in [4.78, 5) is 34.9. The highest BCUT2D eigenvalue weighted by Gasteiger charge is 2.25. The molecule has 4 rings (SSSR count). The fraction of sp³-hybridized carbons (Fsp3) is 0.318. The lowest BCUT2D eigenvalue weighted by atomic mass is 10.1. The lowest BCUT2D eigenvalue weighted by molar-refractivity contribution is 0.0641. The summed E-state index contributed by atoms with van der Waals surface area (Å²) in [6, 6.07) is 12.7. The number of fused-ring (bicyclic) bond motifs is 1. The van der Waals surface area contributed by atoms with Gasteiger partial charge in [-0.3, -0.25) is 14.2 Å². The molecule has 150 valence electrons. The summed E-state index contributed by atoms with van der Waals surface area (Å²) in [5, 5.41) is 1.41. The second kappa shape index (κ2) is 8.35. The van der Waals surface area contributed by atoms with Gasteiger partial charge in [0.25, 0.3) is 11.5 Å². The maximum absolute atomic E-state index is 13.3. The highest BCUT2D eigenvalue weighted by atomic mass is 35.5. The van der Waals surface area contributed by atoms with Crippen molar-refractivity contribution >= 4 is 28.5 Å². The van der Waals surface area contributed by atoms with E-state index in [0.29, 0.717) is 30.3 Å². The van der Waals surface area contributed by atoms with Crippen molar-refractivity contribution in [1.82, 2.24) is 19.4 Å². The van der Waals surface area contributed by atoms with Crippen LogP contribution in [-0.2, 0) is 6.54 Å². The Labute approximate surface area is 174 Å². The van der Waals surface area contributed by atoms with Crippen molar-refractivity contribution in [2.24, 2.45) is 0 Å². The van der Waals surface area contributed by atoms with Crippen LogP contribution in [0.15, 0.2) is 53.5 Å². The van der Waals surface area contributed by atoms with Crippen LogP contribution in [0.2, 0.25) is 5.02 Å². The quantitative estimate of drug-likeness (QED) is 0.663. The van der Waals surface area contributed by atoms with E-state index in [1.165, 1.54) is 0 Å².